The minimum absolute atomic E-state index is 0.172. The van der Waals surface area contributed by atoms with E-state index in [0.717, 1.165) is 18.2 Å². The number of nitrogens with two attached hydrogens (primary N) is 1. The van der Waals surface area contributed by atoms with Gasteiger partial charge in [-0.05, 0) is 13.0 Å². The molecule has 20 heavy (non-hydrogen) atoms. The smallest absolute Gasteiger partial charge is 0.420 e. The highest BCUT2D eigenvalue weighted by molar-refractivity contribution is 5.87. The summed E-state index contributed by atoms with van der Waals surface area (Å²) in [5.74, 6) is -1.31. The van der Waals surface area contributed by atoms with Gasteiger partial charge in [-0.15, -0.1) is 0 Å². The van der Waals surface area contributed by atoms with Gasteiger partial charge in [0.15, 0.2) is 0 Å². The van der Waals surface area contributed by atoms with E-state index in [1.807, 2.05) is 0 Å². The second kappa shape index (κ2) is 5.59. The molecule has 9 heteroatoms. The largest absolute Gasteiger partial charge is 0.439 e. The Bertz CT molecular complexity index is 578. The SMILES string of the molecule is C/C(N)=C/C(=N)Oc1ccc([N+](=O)[O-])cc1C(F)(F)F. The number of nitro groups is 1. The molecule has 0 aliphatic heterocycles. The predicted octanol–water partition coefficient (Wildman–Crippen LogP) is 2.83. The van der Waals surface area contributed by atoms with Crippen LogP contribution in [0.15, 0.2) is 30.0 Å². The molecule has 0 amide bonds. The summed E-state index contributed by atoms with van der Waals surface area (Å²) >= 11 is 0. The molecule has 6 nitrogen and oxygen atoms in total. The van der Waals surface area contributed by atoms with Crippen LogP contribution in [0, 0.1) is 15.5 Å². The van der Waals surface area contributed by atoms with Crippen LogP contribution in [-0.4, -0.2) is 10.8 Å². The monoisotopic (exact) mass is 289 g/mol. The molecule has 0 saturated heterocycles. The second-order valence-corrected chi connectivity index (χ2v) is 3.79. The van der Waals surface area contributed by atoms with Crippen molar-refractivity contribution in [2.24, 2.45) is 5.73 Å². The van der Waals surface area contributed by atoms with E-state index in [1.54, 1.807) is 0 Å². The van der Waals surface area contributed by atoms with Crippen LogP contribution in [0.2, 0.25) is 0 Å². The van der Waals surface area contributed by atoms with Crippen LogP contribution in [0.4, 0.5) is 18.9 Å². The van der Waals surface area contributed by atoms with Crippen LogP contribution in [0.1, 0.15) is 12.5 Å². The summed E-state index contributed by atoms with van der Waals surface area (Å²) in [6.45, 7) is 1.43. The number of benzene rings is 1. The molecule has 0 radical (unpaired) electrons. The molecule has 1 aromatic rings. The molecule has 0 aromatic heterocycles. The lowest BCUT2D eigenvalue weighted by molar-refractivity contribution is -0.385. The van der Waals surface area contributed by atoms with Crippen molar-refractivity contribution >= 4 is 11.6 Å². The van der Waals surface area contributed by atoms with Crippen LogP contribution in [0.5, 0.6) is 5.75 Å². The minimum Gasteiger partial charge on any atom is -0.439 e. The quantitative estimate of drug-likeness (QED) is 0.386. The molecule has 1 rings (SSSR count). The molecule has 0 spiro atoms. The van der Waals surface area contributed by atoms with Gasteiger partial charge < -0.3 is 10.5 Å². The maximum absolute atomic E-state index is 12.8. The Morgan fingerprint density at radius 1 is 1.50 bits per heavy atom. The van der Waals surface area contributed by atoms with Gasteiger partial charge in [-0.1, -0.05) is 0 Å². The summed E-state index contributed by atoms with van der Waals surface area (Å²) in [7, 11) is 0. The van der Waals surface area contributed by atoms with Crippen molar-refractivity contribution in [3.8, 4) is 5.75 Å². The van der Waals surface area contributed by atoms with Crippen molar-refractivity contribution in [3.05, 3.63) is 45.6 Å². The van der Waals surface area contributed by atoms with E-state index in [0.29, 0.717) is 6.07 Å². The van der Waals surface area contributed by atoms with Gasteiger partial charge in [0.2, 0.25) is 5.90 Å². The number of nitrogens with zero attached hydrogens (tertiary/aromatic N) is 1. The third kappa shape index (κ3) is 3.97. The first-order valence-electron chi connectivity index (χ1n) is 5.17. The van der Waals surface area contributed by atoms with Crippen molar-refractivity contribution in [1.82, 2.24) is 0 Å². The van der Waals surface area contributed by atoms with Gasteiger partial charge in [-0.3, -0.25) is 15.5 Å². The predicted molar refractivity (Wildman–Crippen MR) is 64.4 cm³/mol. The van der Waals surface area contributed by atoms with E-state index in [2.05, 4.69) is 0 Å². The molecule has 108 valence electrons. The summed E-state index contributed by atoms with van der Waals surface area (Å²) in [5.41, 5.74) is 3.38. The lowest BCUT2D eigenvalue weighted by Gasteiger charge is -2.12. The molecular formula is C11H10F3N3O3. The lowest BCUT2D eigenvalue weighted by Crippen LogP contribution is -2.13. The Balaban J connectivity index is 3.23. The highest BCUT2D eigenvalue weighted by atomic mass is 19.4. The van der Waals surface area contributed by atoms with Gasteiger partial charge in [0.25, 0.3) is 5.69 Å². The first-order valence-corrected chi connectivity index (χ1v) is 5.17. The highest BCUT2D eigenvalue weighted by Gasteiger charge is 2.36. The van der Waals surface area contributed by atoms with Crippen molar-refractivity contribution in [3.63, 3.8) is 0 Å². The van der Waals surface area contributed by atoms with Crippen LogP contribution in [-0.2, 0) is 6.18 Å². The molecule has 0 saturated carbocycles. The normalized spacial score (nSPS) is 12.1. The summed E-state index contributed by atoms with van der Waals surface area (Å²) in [4.78, 5) is 9.54. The zero-order chi connectivity index (χ0) is 15.5. The Kier molecular flexibility index (Phi) is 4.33. The third-order valence-electron chi connectivity index (χ3n) is 2.06. The average Bonchev–Trinajstić information content (AvgIpc) is 2.26. The van der Waals surface area contributed by atoms with Crippen LogP contribution < -0.4 is 10.5 Å². The molecule has 0 bridgehead atoms. The molecule has 0 aliphatic carbocycles. The number of rotatable bonds is 3. The average molecular weight is 289 g/mol. The fourth-order valence-corrected chi connectivity index (χ4v) is 1.30. The van der Waals surface area contributed by atoms with Crippen LogP contribution in [0.3, 0.4) is 0 Å². The zero-order valence-corrected chi connectivity index (χ0v) is 10.2. The van der Waals surface area contributed by atoms with Gasteiger partial charge >= 0.3 is 6.18 Å². The van der Waals surface area contributed by atoms with Crippen LogP contribution in [0.25, 0.3) is 0 Å². The topological polar surface area (TPSA) is 102 Å². The number of alkyl halides is 3. The Morgan fingerprint density at radius 2 is 2.10 bits per heavy atom. The van der Waals surface area contributed by atoms with Gasteiger partial charge in [0.05, 0.1) is 4.92 Å². The van der Waals surface area contributed by atoms with Gasteiger partial charge in [0, 0.05) is 23.9 Å². The molecule has 0 unspecified atom stereocenters. The number of hydrogen-bond acceptors (Lipinski definition) is 5. The van der Waals surface area contributed by atoms with E-state index in [1.165, 1.54) is 6.92 Å². The number of nitrogens with one attached hydrogen (secondary N) is 1. The van der Waals surface area contributed by atoms with Crippen molar-refractivity contribution in [2.45, 2.75) is 13.1 Å². The van der Waals surface area contributed by atoms with E-state index in [9.17, 15) is 23.3 Å². The number of halogens is 3. The minimum atomic E-state index is -4.84. The first-order chi connectivity index (χ1) is 9.11. The number of nitro benzene ring substituents is 1. The highest BCUT2D eigenvalue weighted by Crippen LogP contribution is 2.38. The van der Waals surface area contributed by atoms with E-state index >= 15 is 0 Å². The maximum Gasteiger partial charge on any atom is 0.420 e. The van der Waals surface area contributed by atoms with E-state index in [-0.39, 0.29) is 5.70 Å². The lowest BCUT2D eigenvalue weighted by atomic mass is 10.1. The van der Waals surface area contributed by atoms with Gasteiger partial charge in [-0.2, -0.15) is 13.2 Å². The molecule has 1 aromatic carbocycles. The Morgan fingerprint density at radius 3 is 2.55 bits per heavy atom. The summed E-state index contributed by atoms with van der Waals surface area (Å²) in [5, 5.41) is 17.8. The fourth-order valence-electron chi connectivity index (χ4n) is 1.30. The van der Waals surface area contributed by atoms with Crippen molar-refractivity contribution in [2.75, 3.05) is 0 Å². The molecule has 0 heterocycles. The van der Waals surface area contributed by atoms with E-state index < -0.39 is 34.0 Å². The fraction of sp³-hybridized carbons (Fsp3) is 0.182. The number of ether oxygens (including phenoxy) is 1. The molecule has 3 N–H and O–H groups in total. The standard InChI is InChI=1S/C11H10F3N3O3/c1-6(15)4-10(16)20-9-3-2-7(17(18)19)5-8(9)11(12,13)14/h2-5,16H,15H2,1H3/b6-4-,16-10?. The van der Waals surface area contributed by atoms with Crippen molar-refractivity contribution < 1.29 is 22.8 Å². The van der Waals surface area contributed by atoms with Gasteiger partial charge in [-0.25, -0.2) is 0 Å². The van der Waals surface area contributed by atoms with Crippen molar-refractivity contribution in [1.29, 1.82) is 5.41 Å². The number of allylic oxidation sites excluding steroid dienone is 1. The molecule has 0 fully saturated rings. The Labute approximate surface area is 111 Å². The summed E-state index contributed by atoms with van der Waals surface area (Å²) in [6.07, 6.45) is -3.83. The van der Waals surface area contributed by atoms with Gasteiger partial charge in [0.1, 0.15) is 11.3 Å². The van der Waals surface area contributed by atoms with E-state index in [4.69, 9.17) is 15.9 Å². The maximum atomic E-state index is 12.8. The molecule has 0 atom stereocenters. The molecule has 0 aliphatic rings. The summed E-state index contributed by atoms with van der Waals surface area (Å²) < 4.78 is 43.1. The number of non-ortho nitro benzene ring substituents is 1. The second-order valence-electron chi connectivity index (χ2n) is 3.79. The zero-order valence-electron chi connectivity index (χ0n) is 10.2. The molecular weight excluding hydrogens is 279 g/mol. The third-order valence-corrected chi connectivity index (χ3v) is 2.06. The van der Waals surface area contributed by atoms with Crippen LogP contribution >= 0.6 is 0 Å². The Hall–Kier alpha value is -2.58. The summed E-state index contributed by atoms with van der Waals surface area (Å²) in [6, 6.07) is 1.99. The number of hydrogen-bond donors (Lipinski definition) is 2. The first kappa shape index (κ1) is 15.5.